The van der Waals surface area contributed by atoms with Gasteiger partial charge in [0.15, 0.2) is 0 Å². The van der Waals surface area contributed by atoms with Gasteiger partial charge in [0.05, 0.1) is 34.2 Å². The summed E-state index contributed by atoms with van der Waals surface area (Å²) in [5.74, 6) is 0. The Bertz CT molecular complexity index is 1600. The number of hydrogen-bond donors (Lipinski definition) is 0. The van der Waals surface area contributed by atoms with Crippen LogP contribution in [0.25, 0.3) is 0 Å². The first-order valence-electron chi connectivity index (χ1n) is 14.2. The Labute approximate surface area is 265 Å². The van der Waals surface area contributed by atoms with Crippen LogP contribution in [0.2, 0.25) is 0 Å². The number of aryl methyl sites for hydroxylation is 4. The highest BCUT2D eigenvalue weighted by Crippen LogP contribution is 2.34. The zero-order valence-corrected chi connectivity index (χ0v) is 27.5. The van der Waals surface area contributed by atoms with E-state index in [0.29, 0.717) is 0 Å². The van der Waals surface area contributed by atoms with Gasteiger partial charge in [0, 0.05) is 20.1 Å². The first kappa shape index (κ1) is 29.8. The normalized spacial score (nSPS) is 12.0. The quantitative estimate of drug-likeness (QED) is 0.151. The maximum absolute atomic E-state index is 5.24. The molecule has 0 N–H and O–H groups in total. The number of pyridine rings is 1. The molecule has 0 bridgehead atoms. The van der Waals surface area contributed by atoms with E-state index in [1.54, 1.807) is 0 Å². The molecule has 0 aliphatic heterocycles. The van der Waals surface area contributed by atoms with Gasteiger partial charge in [-0.1, -0.05) is 92.7 Å². The number of hydrogen-bond acceptors (Lipinski definition) is 3. The molecule has 0 saturated heterocycles. The summed E-state index contributed by atoms with van der Waals surface area (Å²) in [6, 6.07) is 35.3. The van der Waals surface area contributed by atoms with Crippen LogP contribution in [-0.4, -0.2) is 16.4 Å². The molecule has 0 atom stereocenters. The fourth-order valence-electron chi connectivity index (χ4n) is 4.96. The van der Waals surface area contributed by atoms with E-state index in [4.69, 9.17) is 15.0 Å². The minimum atomic E-state index is 0.783. The number of rotatable bonds is 8. The molecule has 4 aromatic carbocycles. The summed E-state index contributed by atoms with van der Waals surface area (Å²) in [5, 5.41) is 0. The average Bonchev–Trinajstić information content (AvgIpc) is 3.01. The topological polar surface area (TPSA) is 37.6 Å². The number of aliphatic imine (C=N–C) groups is 2. The Morgan fingerprint density at radius 3 is 1.33 bits per heavy atom. The number of benzene rings is 4. The summed E-state index contributed by atoms with van der Waals surface area (Å²) in [4.78, 5) is 15.7. The lowest BCUT2D eigenvalue weighted by Gasteiger charge is -2.14. The van der Waals surface area contributed by atoms with Crippen molar-refractivity contribution in [3.05, 3.63) is 157 Å². The summed E-state index contributed by atoms with van der Waals surface area (Å²) in [5.41, 5.74) is 11.8. The van der Waals surface area contributed by atoms with Crippen molar-refractivity contribution in [3.63, 3.8) is 0 Å². The predicted octanol–water partition coefficient (Wildman–Crippen LogP) is 10.7. The molecule has 1 aromatic heterocycles. The van der Waals surface area contributed by atoms with Crippen LogP contribution in [0.1, 0.15) is 58.6 Å². The molecule has 210 valence electrons. The van der Waals surface area contributed by atoms with Crippen molar-refractivity contribution in [1.29, 1.82) is 0 Å². The molecule has 0 radical (unpaired) electrons. The fraction of sp³-hybridized carbons (Fsp3) is 0.162. The molecule has 5 rings (SSSR count). The molecule has 0 unspecified atom stereocenters. The molecular formula is C37H33Br2N3. The van der Waals surface area contributed by atoms with Crippen molar-refractivity contribution < 1.29 is 0 Å². The van der Waals surface area contributed by atoms with Gasteiger partial charge in [-0.15, -0.1) is 0 Å². The van der Waals surface area contributed by atoms with Crippen LogP contribution in [0.5, 0.6) is 0 Å². The standard InChI is InChI=1S/C37H33Br2N3/c1-5-26-20-24(3)34(30(38)22-26)41-36(28-14-9-7-10-15-28)32-18-13-19-33(40-32)37(29-16-11-8-12-17-29)42-35-25(4)21-27(6-2)23-31(35)39/h7-23H,5-6H2,1-4H3. The Hall–Kier alpha value is -3.67. The van der Waals surface area contributed by atoms with Gasteiger partial charge >= 0.3 is 0 Å². The Balaban J connectivity index is 1.71. The van der Waals surface area contributed by atoms with E-state index >= 15 is 0 Å². The third kappa shape index (κ3) is 6.69. The third-order valence-corrected chi connectivity index (χ3v) is 8.43. The van der Waals surface area contributed by atoms with Gasteiger partial charge in [0.2, 0.25) is 0 Å². The molecule has 3 nitrogen and oxygen atoms in total. The molecular weight excluding hydrogens is 646 g/mol. The van der Waals surface area contributed by atoms with Gasteiger partial charge in [0.1, 0.15) is 0 Å². The van der Waals surface area contributed by atoms with Crippen LogP contribution < -0.4 is 0 Å². The van der Waals surface area contributed by atoms with E-state index in [-0.39, 0.29) is 0 Å². The van der Waals surface area contributed by atoms with Crippen LogP contribution in [0.3, 0.4) is 0 Å². The van der Waals surface area contributed by atoms with Crippen LogP contribution >= 0.6 is 31.9 Å². The maximum Gasteiger partial charge on any atom is 0.0966 e. The van der Waals surface area contributed by atoms with Crippen molar-refractivity contribution in [2.45, 2.75) is 40.5 Å². The number of nitrogens with zero attached hydrogens (tertiary/aromatic N) is 3. The minimum Gasteiger partial charge on any atom is -0.245 e. The molecule has 0 saturated carbocycles. The fourth-order valence-corrected chi connectivity index (χ4v) is 6.35. The highest BCUT2D eigenvalue weighted by atomic mass is 79.9. The third-order valence-electron chi connectivity index (χ3n) is 7.22. The smallest absolute Gasteiger partial charge is 0.0966 e. The SMILES string of the molecule is CCc1cc(C)c(N=C(c2ccccc2)c2cccc(C(=Nc3c(C)cc(CC)cc3Br)c3ccccc3)n2)c(Br)c1. The zero-order valence-electron chi connectivity index (χ0n) is 24.3. The molecule has 5 aromatic rings. The van der Waals surface area contributed by atoms with Gasteiger partial charge in [-0.2, -0.15) is 0 Å². The highest BCUT2D eigenvalue weighted by Gasteiger charge is 2.17. The Kier molecular flexibility index (Phi) is 9.61. The lowest BCUT2D eigenvalue weighted by atomic mass is 10.0. The van der Waals surface area contributed by atoms with Crippen LogP contribution in [0, 0.1) is 13.8 Å². The summed E-state index contributed by atoms with van der Waals surface area (Å²) in [6.45, 7) is 8.55. The van der Waals surface area contributed by atoms with Crippen molar-refractivity contribution in [2.24, 2.45) is 9.98 Å². The van der Waals surface area contributed by atoms with Crippen LogP contribution in [-0.2, 0) is 12.8 Å². The van der Waals surface area contributed by atoms with Gasteiger partial charge in [-0.25, -0.2) is 15.0 Å². The Morgan fingerprint density at radius 2 is 0.976 bits per heavy atom. The van der Waals surface area contributed by atoms with E-state index in [0.717, 1.165) is 78.2 Å². The first-order valence-corrected chi connectivity index (χ1v) is 15.8. The lowest BCUT2D eigenvalue weighted by molar-refractivity contribution is 1.12. The minimum absolute atomic E-state index is 0.783. The summed E-state index contributed by atoms with van der Waals surface area (Å²) in [7, 11) is 0. The van der Waals surface area contributed by atoms with E-state index in [1.165, 1.54) is 11.1 Å². The molecule has 42 heavy (non-hydrogen) atoms. The molecule has 0 fully saturated rings. The van der Waals surface area contributed by atoms with Crippen molar-refractivity contribution in [3.8, 4) is 0 Å². The van der Waals surface area contributed by atoms with Crippen molar-refractivity contribution in [2.75, 3.05) is 0 Å². The predicted molar refractivity (Wildman–Crippen MR) is 184 cm³/mol. The van der Waals surface area contributed by atoms with E-state index in [2.05, 4.69) is 108 Å². The summed E-state index contributed by atoms with van der Waals surface area (Å²) < 4.78 is 1.96. The van der Waals surface area contributed by atoms with E-state index in [1.807, 2.05) is 54.6 Å². The van der Waals surface area contributed by atoms with Crippen LogP contribution in [0.4, 0.5) is 11.4 Å². The number of aromatic nitrogens is 1. The largest absolute Gasteiger partial charge is 0.245 e. The van der Waals surface area contributed by atoms with E-state index < -0.39 is 0 Å². The average molecular weight is 680 g/mol. The second-order valence-corrected chi connectivity index (χ2v) is 12.0. The lowest BCUT2D eigenvalue weighted by Crippen LogP contribution is -2.12. The van der Waals surface area contributed by atoms with Crippen LogP contribution in [0.15, 0.2) is 122 Å². The summed E-state index contributed by atoms with van der Waals surface area (Å²) in [6.07, 6.45) is 1.94. The van der Waals surface area contributed by atoms with Gasteiger partial charge in [-0.05, 0) is 105 Å². The van der Waals surface area contributed by atoms with E-state index in [9.17, 15) is 0 Å². The molecule has 0 amide bonds. The van der Waals surface area contributed by atoms with Gasteiger partial charge in [0.25, 0.3) is 0 Å². The van der Waals surface area contributed by atoms with Crippen molar-refractivity contribution >= 4 is 54.7 Å². The number of halogens is 2. The first-order chi connectivity index (χ1) is 20.4. The molecule has 5 heteroatoms. The maximum atomic E-state index is 5.24. The Morgan fingerprint density at radius 1 is 0.571 bits per heavy atom. The molecule has 1 heterocycles. The van der Waals surface area contributed by atoms with Gasteiger partial charge < -0.3 is 0 Å². The van der Waals surface area contributed by atoms with Gasteiger partial charge in [-0.3, -0.25) is 0 Å². The molecule has 0 spiro atoms. The zero-order chi connectivity index (χ0) is 29.6. The second kappa shape index (κ2) is 13.5. The molecule has 0 aliphatic carbocycles. The van der Waals surface area contributed by atoms with Crippen molar-refractivity contribution in [1.82, 2.24) is 4.98 Å². The highest BCUT2D eigenvalue weighted by molar-refractivity contribution is 9.11. The second-order valence-electron chi connectivity index (χ2n) is 10.3. The monoisotopic (exact) mass is 677 g/mol. The molecule has 0 aliphatic rings. The summed E-state index contributed by atoms with van der Waals surface area (Å²) >= 11 is 7.58.